The Bertz CT molecular complexity index is 346. The third-order valence-electron chi connectivity index (χ3n) is 4.35. The lowest BCUT2D eigenvalue weighted by molar-refractivity contribution is -0.143. The van der Waals surface area contributed by atoms with Crippen LogP contribution in [0.25, 0.3) is 0 Å². The Balaban J connectivity index is 1.69. The fourth-order valence-corrected chi connectivity index (χ4v) is 2.58. The zero-order valence-corrected chi connectivity index (χ0v) is 11.1. The maximum atomic E-state index is 11.9. The zero-order chi connectivity index (χ0) is 13.3. The highest BCUT2D eigenvalue weighted by Crippen LogP contribution is 2.50. The third-order valence-corrected chi connectivity index (χ3v) is 4.35. The summed E-state index contributed by atoms with van der Waals surface area (Å²) in [6.45, 7) is 6.27. The summed E-state index contributed by atoms with van der Waals surface area (Å²) in [5.41, 5.74) is 0.379. The van der Waals surface area contributed by atoms with Crippen molar-refractivity contribution in [2.45, 2.75) is 33.1 Å². The van der Waals surface area contributed by atoms with E-state index in [0.717, 1.165) is 6.54 Å². The van der Waals surface area contributed by atoms with E-state index in [2.05, 4.69) is 19.2 Å². The molecule has 1 saturated heterocycles. The summed E-state index contributed by atoms with van der Waals surface area (Å²) in [5, 5.41) is 11.8. The molecule has 1 heterocycles. The number of nitrogens with zero attached hydrogens (tertiary/aromatic N) is 1. The molecule has 5 heteroatoms. The monoisotopic (exact) mass is 254 g/mol. The van der Waals surface area contributed by atoms with Crippen molar-refractivity contribution in [1.29, 1.82) is 0 Å². The molecule has 1 atom stereocenters. The van der Waals surface area contributed by atoms with E-state index in [0.29, 0.717) is 37.3 Å². The van der Waals surface area contributed by atoms with Gasteiger partial charge in [-0.3, -0.25) is 4.79 Å². The van der Waals surface area contributed by atoms with E-state index in [1.165, 1.54) is 6.42 Å². The van der Waals surface area contributed by atoms with Crippen molar-refractivity contribution in [2.75, 3.05) is 19.6 Å². The minimum absolute atomic E-state index is 0.0402. The van der Waals surface area contributed by atoms with Gasteiger partial charge < -0.3 is 15.3 Å². The molecule has 2 fully saturated rings. The number of aliphatic carboxylic acids is 1. The predicted molar refractivity (Wildman–Crippen MR) is 67.2 cm³/mol. The van der Waals surface area contributed by atoms with E-state index < -0.39 is 5.97 Å². The van der Waals surface area contributed by atoms with Crippen LogP contribution in [0.4, 0.5) is 4.79 Å². The standard InChI is InChI=1S/C13H22N2O3/c1-13(2)7-10(13)8-14-12(18)15-5-3-9(4-6-15)11(16)17/h9-10H,3-8H2,1-2H3,(H,14,18)(H,16,17). The first-order chi connectivity index (χ1) is 8.40. The SMILES string of the molecule is CC1(C)CC1CNC(=O)N1CCC(C(=O)O)CC1. The van der Waals surface area contributed by atoms with Crippen LogP contribution in [-0.2, 0) is 4.79 Å². The summed E-state index contributed by atoms with van der Waals surface area (Å²) >= 11 is 0. The van der Waals surface area contributed by atoms with Crippen LogP contribution in [0.3, 0.4) is 0 Å². The van der Waals surface area contributed by atoms with Crippen molar-refractivity contribution < 1.29 is 14.7 Å². The number of piperidine rings is 1. The summed E-state index contributed by atoms with van der Waals surface area (Å²) in [6, 6.07) is -0.0402. The van der Waals surface area contributed by atoms with Gasteiger partial charge in [0.05, 0.1) is 5.92 Å². The molecular weight excluding hydrogens is 232 g/mol. The van der Waals surface area contributed by atoms with Gasteiger partial charge in [0.2, 0.25) is 0 Å². The minimum Gasteiger partial charge on any atom is -0.481 e. The van der Waals surface area contributed by atoms with Crippen LogP contribution in [0.5, 0.6) is 0 Å². The first-order valence-corrected chi connectivity index (χ1v) is 6.66. The molecule has 2 amide bonds. The molecule has 0 aromatic heterocycles. The van der Waals surface area contributed by atoms with Crippen LogP contribution < -0.4 is 5.32 Å². The lowest BCUT2D eigenvalue weighted by Crippen LogP contribution is -2.46. The summed E-state index contributed by atoms with van der Waals surface area (Å²) in [7, 11) is 0. The number of carbonyl (C=O) groups excluding carboxylic acids is 1. The van der Waals surface area contributed by atoms with Crippen LogP contribution in [0, 0.1) is 17.3 Å². The number of rotatable bonds is 3. The van der Waals surface area contributed by atoms with Gasteiger partial charge in [0.1, 0.15) is 0 Å². The highest BCUT2D eigenvalue weighted by Gasteiger charge is 2.45. The molecule has 1 saturated carbocycles. The lowest BCUT2D eigenvalue weighted by atomic mass is 9.97. The van der Waals surface area contributed by atoms with Crippen molar-refractivity contribution in [2.24, 2.45) is 17.3 Å². The Labute approximate surface area is 108 Å². The molecular formula is C13H22N2O3. The van der Waals surface area contributed by atoms with Crippen LogP contribution in [0.1, 0.15) is 33.1 Å². The number of carboxylic acid groups (broad SMARTS) is 1. The molecule has 0 spiro atoms. The summed E-state index contributed by atoms with van der Waals surface area (Å²) in [6.07, 6.45) is 2.31. The van der Waals surface area contributed by atoms with E-state index in [1.807, 2.05) is 0 Å². The van der Waals surface area contributed by atoms with E-state index in [4.69, 9.17) is 5.11 Å². The molecule has 0 aromatic carbocycles. The van der Waals surface area contributed by atoms with Gasteiger partial charge in [-0.05, 0) is 30.6 Å². The maximum Gasteiger partial charge on any atom is 0.317 e. The molecule has 102 valence electrons. The number of likely N-dealkylation sites (tertiary alicyclic amines) is 1. The summed E-state index contributed by atoms with van der Waals surface area (Å²) in [5.74, 6) is -0.427. The number of urea groups is 1. The Kier molecular flexibility index (Phi) is 3.50. The van der Waals surface area contributed by atoms with Crippen LogP contribution >= 0.6 is 0 Å². The first-order valence-electron chi connectivity index (χ1n) is 6.66. The van der Waals surface area contributed by atoms with Crippen molar-refractivity contribution in [3.63, 3.8) is 0 Å². The molecule has 0 aromatic rings. The molecule has 18 heavy (non-hydrogen) atoms. The third kappa shape index (κ3) is 2.94. The molecule has 1 unspecified atom stereocenters. The quantitative estimate of drug-likeness (QED) is 0.802. The van der Waals surface area contributed by atoms with E-state index >= 15 is 0 Å². The van der Waals surface area contributed by atoms with Crippen LogP contribution in [0.2, 0.25) is 0 Å². The average molecular weight is 254 g/mol. The van der Waals surface area contributed by atoms with Gasteiger partial charge in [0.15, 0.2) is 0 Å². The van der Waals surface area contributed by atoms with Gasteiger partial charge in [0, 0.05) is 19.6 Å². The molecule has 0 radical (unpaired) electrons. The summed E-state index contributed by atoms with van der Waals surface area (Å²) in [4.78, 5) is 24.4. The predicted octanol–water partition coefficient (Wildman–Crippen LogP) is 1.54. The van der Waals surface area contributed by atoms with E-state index in [9.17, 15) is 9.59 Å². The number of amides is 2. The highest BCUT2D eigenvalue weighted by molar-refractivity contribution is 5.75. The van der Waals surface area contributed by atoms with Crippen molar-refractivity contribution >= 4 is 12.0 Å². The highest BCUT2D eigenvalue weighted by atomic mass is 16.4. The Morgan fingerprint density at radius 3 is 2.33 bits per heavy atom. The summed E-state index contributed by atoms with van der Waals surface area (Å²) < 4.78 is 0. The van der Waals surface area contributed by atoms with Gasteiger partial charge in [-0.1, -0.05) is 13.8 Å². The maximum absolute atomic E-state index is 11.9. The van der Waals surface area contributed by atoms with Crippen LogP contribution in [-0.4, -0.2) is 41.6 Å². The minimum atomic E-state index is -0.741. The molecule has 5 nitrogen and oxygen atoms in total. The van der Waals surface area contributed by atoms with E-state index in [-0.39, 0.29) is 11.9 Å². The van der Waals surface area contributed by atoms with E-state index in [1.54, 1.807) is 4.90 Å². The first kappa shape index (κ1) is 13.2. The van der Waals surface area contributed by atoms with Crippen molar-refractivity contribution in [1.82, 2.24) is 10.2 Å². The second-order valence-corrected chi connectivity index (χ2v) is 6.18. The zero-order valence-electron chi connectivity index (χ0n) is 11.1. The Hall–Kier alpha value is -1.26. The number of hydrogen-bond acceptors (Lipinski definition) is 2. The smallest absolute Gasteiger partial charge is 0.317 e. The second-order valence-electron chi connectivity index (χ2n) is 6.18. The number of carbonyl (C=O) groups is 2. The number of nitrogens with one attached hydrogen (secondary N) is 1. The fourth-order valence-electron chi connectivity index (χ4n) is 2.58. The topological polar surface area (TPSA) is 69.6 Å². The number of hydrogen-bond donors (Lipinski definition) is 2. The normalized spacial score (nSPS) is 26.8. The molecule has 2 rings (SSSR count). The van der Waals surface area contributed by atoms with Crippen LogP contribution in [0.15, 0.2) is 0 Å². The lowest BCUT2D eigenvalue weighted by Gasteiger charge is -2.30. The Morgan fingerprint density at radius 1 is 1.33 bits per heavy atom. The van der Waals surface area contributed by atoms with Gasteiger partial charge >= 0.3 is 12.0 Å². The molecule has 0 bridgehead atoms. The number of carboxylic acids is 1. The van der Waals surface area contributed by atoms with Gasteiger partial charge in [-0.25, -0.2) is 4.79 Å². The average Bonchev–Trinajstić information content (AvgIpc) is 2.94. The second kappa shape index (κ2) is 4.78. The Morgan fingerprint density at radius 2 is 1.89 bits per heavy atom. The molecule has 2 aliphatic rings. The van der Waals surface area contributed by atoms with Gasteiger partial charge in [0.25, 0.3) is 0 Å². The van der Waals surface area contributed by atoms with Crippen molar-refractivity contribution in [3.05, 3.63) is 0 Å². The molecule has 1 aliphatic carbocycles. The molecule has 1 aliphatic heterocycles. The van der Waals surface area contributed by atoms with Gasteiger partial charge in [-0.15, -0.1) is 0 Å². The van der Waals surface area contributed by atoms with Crippen molar-refractivity contribution in [3.8, 4) is 0 Å². The largest absolute Gasteiger partial charge is 0.481 e. The molecule has 2 N–H and O–H groups in total. The fraction of sp³-hybridized carbons (Fsp3) is 0.846. The van der Waals surface area contributed by atoms with Gasteiger partial charge in [-0.2, -0.15) is 0 Å².